The van der Waals surface area contributed by atoms with Gasteiger partial charge in [0.2, 0.25) is 0 Å². The second kappa shape index (κ2) is 7.32. The molecule has 3 amide bonds. The molecular weight excluding hydrogens is 414 g/mol. The van der Waals surface area contributed by atoms with Gasteiger partial charge in [-0.3, -0.25) is 19.4 Å². The predicted molar refractivity (Wildman–Crippen MR) is 113 cm³/mol. The smallest absolute Gasteiger partial charge is 0.414 e. The summed E-state index contributed by atoms with van der Waals surface area (Å²) < 4.78 is 16.6. The second-order valence-corrected chi connectivity index (χ2v) is 8.23. The van der Waals surface area contributed by atoms with Crippen LogP contribution in [0.3, 0.4) is 0 Å². The molecule has 9 nitrogen and oxygen atoms in total. The molecule has 4 aliphatic heterocycles. The number of nitrogens with zero attached hydrogens (tertiary/aromatic N) is 3. The number of ether oxygens (including phenoxy) is 3. The van der Waals surface area contributed by atoms with Crippen LogP contribution in [-0.4, -0.2) is 74.1 Å². The van der Waals surface area contributed by atoms with Crippen molar-refractivity contribution < 1.29 is 28.6 Å². The number of cyclic esters (lactones) is 1. The van der Waals surface area contributed by atoms with Gasteiger partial charge in [0.1, 0.15) is 12.2 Å². The Hall–Kier alpha value is -3.43. The van der Waals surface area contributed by atoms with Crippen LogP contribution < -0.4 is 9.80 Å². The monoisotopic (exact) mass is 435 g/mol. The van der Waals surface area contributed by atoms with Crippen molar-refractivity contribution in [1.82, 2.24) is 4.90 Å². The van der Waals surface area contributed by atoms with Gasteiger partial charge in [0.15, 0.2) is 6.23 Å². The first-order chi connectivity index (χ1) is 15.6. The Kier molecular flexibility index (Phi) is 4.41. The van der Waals surface area contributed by atoms with Crippen molar-refractivity contribution in [2.75, 3.05) is 42.6 Å². The van der Waals surface area contributed by atoms with E-state index in [2.05, 4.69) is 4.90 Å². The maximum absolute atomic E-state index is 12.6. The first-order valence-corrected chi connectivity index (χ1v) is 10.6. The molecular formula is C23H21N3O6. The van der Waals surface area contributed by atoms with Gasteiger partial charge in [-0.05, 0) is 36.4 Å². The van der Waals surface area contributed by atoms with Crippen molar-refractivity contribution in [2.24, 2.45) is 0 Å². The van der Waals surface area contributed by atoms with Crippen molar-refractivity contribution in [2.45, 2.75) is 18.4 Å². The van der Waals surface area contributed by atoms with Gasteiger partial charge >= 0.3 is 6.09 Å². The van der Waals surface area contributed by atoms with E-state index in [1.54, 1.807) is 24.3 Å². The van der Waals surface area contributed by atoms with Crippen LogP contribution in [0.2, 0.25) is 0 Å². The lowest BCUT2D eigenvalue weighted by Crippen LogP contribution is -2.38. The van der Waals surface area contributed by atoms with Crippen molar-refractivity contribution in [3.05, 3.63) is 59.7 Å². The molecule has 3 saturated heterocycles. The lowest BCUT2D eigenvalue weighted by Gasteiger charge is -2.22. The molecule has 0 N–H and O–H groups in total. The Morgan fingerprint density at radius 1 is 0.906 bits per heavy atom. The molecule has 3 unspecified atom stereocenters. The maximum atomic E-state index is 12.6. The van der Waals surface area contributed by atoms with Crippen molar-refractivity contribution in [1.29, 1.82) is 0 Å². The molecule has 0 aliphatic carbocycles. The number of rotatable bonds is 4. The number of carbonyl (C=O) groups excluding carboxylic acids is 3. The SMILES string of the molecule is O=C1c2ccccc2C(=O)N1CC1CN(c2ccc(N3CCOCC4OC43)cc2)C(=O)O1. The molecule has 9 heteroatoms. The van der Waals surface area contributed by atoms with Gasteiger partial charge in [-0.25, -0.2) is 4.79 Å². The molecule has 2 aromatic rings. The van der Waals surface area contributed by atoms with E-state index in [9.17, 15) is 14.4 Å². The molecule has 0 spiro atoms. The molecule has 0 bridgehead atoms. The van der Waals surface area contributed by atoms with Gasteiger partial charge in [0, 0.05) is 17.9 Å². The second-order valence-electron chi connectivity index (χ2n) is 8.23. The number of fused-ring (bicyclic) bond motifs is 2. The van der Waals surface area contributed by atoms with Crippen LogP contribution in [0.4, 0.5) is 16.2 Å². The summed E-state index contributed by atoms with van der Waals surface area (Å²) in [6.07, 6.45) is -0.918. The van der Waals surface area contributed by atoms with Crippen molar-refractivity contribution in [3.63, 3.8) is 0 Å². The highest BCUT2D eigenvalue weighted by atomic mass is 16.6. The Bertz CT molecular complexity index is 1070. The van der Waals surface area contributed by atoms with E-state index in [0.717, 1.165) is 17.1 Å². The number of benzene rings is 2. The Morgan fingerprint density at radius 3 is 2.31 bits per heavy atom. The van der Waals surface area contributed by atoms with Crippen molar-refractivity contribution in [3.8, 4) is 0 Å². The number of imide groups is 1. The van der Waals surface area contributed by atoms with Gasteiger partial charge in [-0.15, -0.1) is 0 Å². The van der Waals surface area contributed by atoms with Crippen LogP contribution in [0.25, 0.3) is 0 Å². The minimum atomic E-state index is -0.590. The summed E-state index contributed by atoms with van der Waals surface area (Å²) >= 11 is 0. The fourth-order valence-electron chi connectivity index (χ4n) is 4.56. The predicted octanol–water partition coefficient (Wildman–Crippen LogP) is 1.87. The molecule has 0 saturated carbocycles. The van der Waals surface area contributed by atoms with E-state index in [1.807, 2.05) is 24.3 Å². The third-order valence-electron chi connectivity index (χ3n) is 6.25. The average molecular weight is 435 g/mol. The van der Waals surface area contributed by atoms with Crippen LogP contribution >= 0.6 is 0 Å². The summed E-state index contributed by atoms with van der Waals surface area (Å²) in [4.78, 5) is 42.5. The zero-order valence-electron chi connectivity index (χ0n) is 17.2. The first-order valence-electron chi connectivity index (χ1n) is 10.6. The lowest BCUT2D eigenvalue weighted by atomic mass is 10.1. The number of anilines is 2. The van der Waals surface area contributed by atoms with E-state index in [-0.39, 0.29) is 37.2 Å². The summed E-state index contributed by atoms with van der Waals surface area (Å²) in [7, 11) is 0. The highest BCUT2D eigenvalue weighted by Crippen LogP contribution is 2.34. The Labute approximate surface area is 184 Å². The molecule has 164 valence electrons. The number of epoxide rings is 1. The van der Waals surface area contributed by atoms with Gasteiger partial charge in [-0.2, -0.15) is 0 Å². The molecule has 3 fully saturated rings. The zero-order chi connectivity index (χ0) is 21.8. The Balaban J connectivity index is 1.14. The number of carbonyl (C=O) groups is 3. The summed E-state index contributed by atoms with van der Waals surface area (Å²) in [5.74, 6) is -0.710. The highest BCUT2D eigenvalue weighted by molar-refractivity contribution is 6.21. The van der Waals surface area contributed by atoms with Gasteiger partial charge in [0.05, 0.1) is 37.4 Å². The summed E-state index contributed by atoms with van der Waals surface area (Å²) in [5.41, 5.74) is 2.47. The number of hydrogen-bond acceptors (Lipinski definition) is 7. The fourth-order valence-corrected chi connectivity index (χ4v) is 4.56. The summed E-state index contributed by atoms with van der Waals surface area (Å²) in [6.45, 7) is 2.30. The van der Waals surface area contributed by atoms with Crippen LogP contribution in [-0.2, 0) is 14.2 Å². The van der Waals surface area contributed by atoms with Gasteiger partial charge in [0.25, 0.3) is 11.8 Å². The molecule has 4 heterocycles. The molecule has 2 aromatic carbocycles. The van der Waals surface area contributed by atoms with E-state index >= 15 is 0 Å². The fraction of sp³-hybridized carbons (Fsp3) is 0.348. The molecule has 4 aliphatic rings. The molecule has 32 heavy (non-hydrogen) atoms. The minimum absolute atomic E-state index is 0.0286. The highest BCUT2D eigenvalue weighted by Gasteiger charge is 2.45. The normalized spacial score (nSPS) is 26.7. The van der Waals surface area contributed by atoms with Crippen LogP contribution in [0, 0.1) is 0 Å². The zero-order valence-corrected chi connectivity index (χ0v) is 17.2. The average Bonchev–Trinajstić information content (AvgIpc) is 3.46. The first kappa shape index (κ1) is 19.3. The Morgan fingerprint density at radius 2 is 1.59 bits per heavy atom. The summed E-state index contributed by atoms with van der Waals surface area (Å²) in [6, 6.07) is 14.3. The minimum Gasteiger partial charge on any atom is -0.442 e. The van der Waals surface area contributed by atoms with Gasteiger partial charge < -0.3 is 19.1 Å². The van der Waals surface area contributed by atoms with E-state index in [1.165, 1.54) is 4.90 Å². The number of amides is 3. The van der Waals surface area contributed by atoms with Crippen molar-refractivity contribution >= 4 is 29.3 Å². The summed E-state index contributed by atoms with van der Waals surface area (Å²) in [5, 5.41) is 0. The van der Waals surface area contributed by atoms with E-state index in [4.69, 9.17) is 14.2 Å². The van der Waals surface area contributed by atoms with Crippen LogP contribution in [0.5, 0.6) is 0 Å². The quantitative estimate of drug-likeness (QED) is 0.535. The van der Waals surface area contributed by atoms with E-state index in [0.29, 0.717) is 30.0 Å². The lowest BCUT2D eigenvalue weighted by molar-refractivity contribution is 0.0558. The van der Waals surface area contributed by atoms with E-state index < -0.39 is 12.2 Å². The topological polar surface area (TPSA) is 91.9 Å². The largest absolute Gasteiger partial charge is 0.442 e. The molecule has 6 rings (SSSR count). The van der Waals surface area contributed by atoms with Gasteiger partial charge in [-0.1, -0.05) is 12.1 Å². The third-order valence-corrected chi connectivity index (χ3v) is 6.25. The maximum Gasteiger partial charge on any atom is 0.414 e. The van der Waals surface area contributed by atoms with Crippen LogP contribution in [0.15, 0.2) is 48.5 Å². The number of hydrogen-bond donors (Lipinski definition) is 0. The molecule has 0 radical (unpaired) electrons. The third kappa shape index (κ3) is 3.12. The van der Waals surface area contributed by atoms with Crippen LogP contribution in [0.1, 0.15) is 20.7 Å². The standard InChI is InChI=1S/C23H21N3O6/c27-20-17-3-1-2-4-18(17)21(28)26(20)12-16-11-25(23(29)31-16)15-7-5-14(6-8-15)24-9-10-30-13-19-22(24)32-19/h1-8,16,19,22H,9-13H2. The molecule has 3 atom stereocenters. The molecule has 0 aromatic heterocycles.